The van der Waals surface area contributed by atoms with E-state index >= 15 is 0 Å². The van der Waals surface area contributed by atoms with Crippen molar-refractivity contribution in [3.8, 4) is 6.07 Å². The van der Waals surface area contributed by atoms with E-state index in [0.29, 0.717) is 11.8 Å². The van der Waals surface area contributed by atoms with Crippen LogP contribution in [-0.2, 0) is 14.8 Å². The molecular weight excluding hydrogens is 470 g/mol. The molecular formula is C29H43N3O3S. The van der Waals surface area contributed by atoms with Gasteiger partial charge < -0.3 is 4.74 Å². The number of aromatic nitrogens is 1. The van der Waals surface area contributed by atoms with Crippen LogP contribution in [0.15, 0.2) is 23.2 Å². The second-order valence-corrected chi connectivity index (χ2v) is 14.0. The van der Waals surface area contributed by atoms with Gasteiger partial charge in [0.2, 0.25) is 0 Å². The van der Waals surface area contributed by atoms with Crippen LogP contribution < -0.4 is 4.72 Å². The minimum Gasteiger partial charge on any atom is -0.381 e. The molecule has 198 valence electrons. The van der Waals surface area contributed by atoms with E-state index in [9.17, 15) is 8.42 Å². The standard InChI is InChI=1S/C29H43N3O3S/c1-4-35-18-20-8-10-23-21(16-20)9-11-25-24(23)14-15-29(3)26(12-13-27(25)29)19(2)32-36(33,34)28-7-5-6-22(17-30)31-28/h5-7,19-21,23-27,32H,4,8-16,18H2,1-3H3/t19-,20+,21-,23+,24?,25-,26?,27?,29-/m1/s1. The summed E-state index contributed by atoms with van der Waals surface area (Å²) in [6.45, 7) is 8.36. The maximum Gasteiger partial charge on any atom is 0.258 e. The number of nitriles is 1. The minimum atomic E-state index is -3.77. The summed E-state index contributed by atoms with van der Waals surface area (Å²) in [7, 11) is -3.77. The molecule has 0 amide bonds. The third-order valence-corrected chi connectivity index (χ3v) is 12.2. The zero-order valence-electron chi connectivity index (χ0n) is 22.2. The van der Waals surface area contributed by atoms with Crippen molar-refractivity contribution in [1.82, 2.24) is 9.71 Å². The molecule has 1 aromatic heterocycles. The van der Waals surface area contributed by atoms with Crippen LogP contribution >= 0.6 is 0 Å². The zero-order valence-corrected chi connectivity index (χ0v) is 23.0. The zero-order chi connectivity index (χ0) is 25.5. The van der Waals surface area contributed by atoms with Crippen molar-refractivity contribution >= 4 is 10.0 Å². The smallest absolute Gasteiger partial charge is 0.258 e. The van der Waals surface area contributed by atoms with Crippen LogP contribution in [0.3, 0.4) is 0 Å². The van der Waals surface area contributed by atoms with Gasteiger partial charge in [-0.25, -0.2) is 18.1 Å². The molecule has 5 rings (SSSR count). The topological polar surface area (TPSA) is 92.1 Å². The van der Waals surface area contributed by atoms with E-state index in [0.717, 1.165) is 49.2 Å². The first kappa shape index (κ1) is 26.1. The summed E-state index contributed by atoms with van der Waals surface area (Å²) in [5.74, 6) is 5.22. The van der Waals surface area contributed by atoms with Crippen LogP contribution in [0.4, 0.5) is 0 Å². The number of hydrogen-bond acceptors (Lipinski definition) is 5. The Morgan fingerprint density at radius 3 is 2.72 bits per heavy atom. The third kappa shape index (κ3) is 4.74. The minimum absolute atomic E-state index is 0.0601. The van der Waals surface area contributed by atoms with E-state index in [1.165, 1.54) is 63.5 Å². The summed E-state index contributed by atoms with van der Waals surface area (Å²) >= 11 is 0. The second kappa shape index (κ2) is 10.3. The Labute approximate surface area is 217 Å². The van der Waals surface area contributed by atoms with Gasteiger partial charge in [-0.15, -0.1) is 0 Å². The van der Waals surface area contributed by atoms with Gasteiger partial charge in [0.05, 0.1) is 0 Å². The highest BCUT2D eigenvalue weighted by Crippen LogP contribution is 2.65. The highest BCUT2D eigenvalue weighted by molar-refractivity contribution is 7.89. The monoisotopic (exact) mass is 513 g/mol. The van der Waals surface area contributed by atoms with Gasteiger partial charge in [0, 0.05) is 19.3 Å². The van der Waals surface area contributed by atoms with Crippen LogP contribution in [0.2, 0.25) is 0 Å². The molecule has 0 saturated heterocycles. The number of hydrogen-bond donors (Lipinski definition) is 1. The number of ether oxygens (including phenoxy) is 1. The lowest BCUT2D eigenvalue weighted by Crippen LogP contribution is -2.51. The van der Waals surface area contributed by atoms with E-state index in [4.69, 9.17) is 10.00 Å². The van der Waals surface area contributed by atoms with E-state index < -0.39 is 10.0 Å². The molecule has 9 atom stereocenters. The van der Waals surface area contributed by atoms with Crippen molar-refractivity contribution in [1.29, 1.82) is 5.26 Å². The van der Waals surface area contributed by atoms with Crippen molar-refractivity contribution in [3.63, 3.8) is 0 Å². The number of sulfonamides is 1. The highest BCUT2D eigenvalue weighted by atomic mass is 32.2. The maximum absolute atomic E-state index is 13.1. The fourth-order valence-electron chi connectivity index (χ4n) is 9.26. The molecule has 4 aliphatic carbocycles. The molecule has 0 bridgehead atoms. The normalized spacial score (nSPS) is 38.9. The predicted molar refractivity (Wildman–Crippen MR) is 139 cm³/mol. The van der Waals surface area contributed by atoms with Gasteiger partial charge in [0.25, 0.3) is 10.0 Å². The maximum atomic E-state index is 13.1. The third-order valence-electron chi connectivity index (χ3n) is 10.8. The Morgan fingerprint density at radius 2 is 1.94 bits per heavy atom. The average molecular weight is 514 g/mol. The van der Waals surface area contributed by atoms with Gasteiger partial charge in [-0.2, -0.15) is 5.26 Å². The summed E-state index contributed by atoms with van der Waals surface area (Å²) in [5, 5.41) is 9.07. The molecule has 36 heavy (non-hydrogen) atoms. The molecule has 1 heterocycles. The molecule has 1 aromatic rings. The van der Waals surface area contributed by atoms with Crippen molar-refractivity contribution in [3.05, 3.63) is 23.9 Å². The van der Waals surface area contributed by atoms with Crippen LogP contribution in [0.25, 0.3) is 0 Å². The molecule has 7 heteroatoms. The Bertz CT molecular complexity index is 1090. The first-order valence-corrected chi connectivity index (χ1v) is 15.7. The lowest BCUT2D eigenvalue weighted by molar-refractivity contribution is -0.0748. The lowest BCUT2D eigenvalue weighted by atomic mass is 9.49. The largest absolute Gasteiger partial charge is 0.381 e. The Kier molecular flexibility index (Phi) is 7.51. The number of fused-ring (bicyclic) bond motifs is 5. The van der Waals surface area contributed by atoms with Crippen LogP contribution in [0.1, 0.15) is 84.3 Å². The van der Waals surface area contributed by atoms with Crippen molar-refractivity contribution in [2.45, 2.75) is 89.6 Å². The first-order valence-electron chi connectivity index (χ1n) is 14.2. The summed E-state index contributed by atoms with van der Waals surface area (Å²) < 4.78 is 35.0. The molecule has 3 unspecified atom stereocenters. The van der Waals surface area contributed by atoms with E-state index in [-0.39, 0.29) is 22.2 Å². The number of nitrogens with one attached hydrogen (secondary N) is 1. The van der Waals surface area contributed by atoms with Gasteiger partial charge in [0.1, 0.15) is 11.8 Å². The molecule has 4 fully saturated rings. The lowest BCUT2D eigenvalue weighted by Gasteiger charge is -2.56. The summed E-state index contributed by atoms with van der Waals surface area (Å²) in [6, 6.07) is 6.37. The first-order chi connectivity index (χ1) is 17.3. The molecule has 0 aliphatic heterocycles. The Balaban J connectivity index is 1.26. The van der Waals surface area contributed by atoms with Gasteiger partial charge in [-0.3, -0.25) is 0 Å². The SMILES string of the molecule is CCOC[C@H]1CC[C@@H]2C3CC[C@@]4(C)C(CCC4[C@@H](C)NS(=O)(=O)c4cccc(C#N)n4)[C@@H]3CC[C@@H]2C1. The molecule has 4 aliphatic rings. The molecule has 1 N–H and O–H groups in total. The Hall–Kier alpha value is -1.49. The molecule has 6 nitrogen and oxygen atoms in total. The van der Waals surface area contributed by atoms with Crippen molar-refractivity contribution in [2.24, 2.45) is 46.8 Å². The van der Waals surface area contributed by atoms with Gasteiger partial charge in [-0.05, 0) is 131 Å². The second-order valence-electron chi connectivity index (χ2n) is 12.4. The van der Waals surface area contributed by atoms with E-state index in [1.54, 1.807) is 6.07 Å². The Morgan fingerprint density at radius 1 is 1.14 bits per heavy atom. The quantitative estimate of drug-likeness (QED) is 0.517. The van der Waals surface area contributed by atoms with Crippen LogP contribution in [0, 0.1) is 58.2 Å². The van der Waals surface area contributed by atoms with Crippen molar-refractivity contribution < 1.29 is 13.2 Å². The van der Waals surface area contributed by atoms with Crippen LogP contribution in [-0.4, -0.2) is 32.7 Å². The van der Waals surface area contributed by atoms with Crippen molar-refractivity contribution in [2.75, 3.05) is 13.2 Å². The summed E-state index contributed by atoms with van der Waals surface area (Å²) in [6.07, 6.45) is 11.6. The van der Waals surface area contributed by atoms with Crippen LogP contribution in [0.5, 0.6) is 0 Å². The summed E-state index contributed by atoms with van der Waals surface area (Å²) in [5.41, 5.74) is 0.309. The molecule has 0 spiro atoms. The fourth-order valence-corrected chi connectivity index (χ4v) is 10.5. The fraction of sp³-hybridized carbons (Fsp3) is 0.793. The summed E-state index contributed by atoms with van der Waals surface area (Å²) in [4.78, 5) is 4.04. The molecule has 0 radical (unpaired) electrons. The van der Waals surface area contributed by atoms with E-state index in [1.807, 2.05) is 13.0 Å². The van der Waals surface area contributed by atoms with Gasteiger partial charge in [0.15, 0.2) is 5.03 Å². The predicted octanol–water partition coefficient (Wildman–Crippen LogP) is 5.54. The highest BCUT2D eigenvalue weighted by Gasteiger charge is 2.58. The molecule has 4 saturated carbocycles. The average Bonchev–Trinajstić information content (AvgIpc) is 3.24. The van der Waals surface area contributed by atoms with Gasteiger partial charge in [-0.1, -0.05) is 13.0 Å². The van der Waals surface area contributed by atoms with E-state index in [2.05, 4.69) is 23.6 Å². The molecule has 0 aromatic carbocycles. The van der Waals surface area contributed by atoms with Gasteiger partial charge >= 0.3 is 0 Å². The number of rotatable bonds is 7. The number of nitrogens with zero attached hydrogens (tertiary/aromatic N) is 2. The number of pyridine rings is 1.